The minimum absolute atomic E-state index is 0.101. The van der Waals surface area contributed by atoms with Crippen LogP contribution in [0.25, 0.3) is 5.69 Å². The van der Waals surface area contributed by atoms with Gasteiger partial charge < -0.3 is 14.8 Å². The highest BCUT2D eigenvalue weighted by atomic mass is 32.2. The number of benzene rings is 3. The Hall–Kier alpha value is -3.78. The van der Waals surface area contributed by atoms with E-state index in [1.54, 1.807) is 0 Å². The minimum Gasteiger partial charge on any atom is -0.494 e. The molecule has 1 N–H and O–H groups in total. The maximum atomic E-state index is 12.7. The molecule has 0 spiro atoms. The summed E-state index contributed by atoms with van der Waals surface area (Å²) >= 11 is 1.33. The highest BCUT2D eigenvalue weighted by Crippen LogP contribution is 2.26. The number of aromatic nitrogens is 3. The van der Waals surface area contributed by atoms with Crippen LogP contribution in [0.2, 0.25) is 0 Å². The monoisotopic (exact) mass is 488 g/mol. The van der Waals surface area contributed by atoms with E-state index in [2.05, 4.69) is 15.5 Å². The molecular weight excluding hydrogens is 460 g/mol. The molecule has 35 heavy (non-hydrogen) atoms. The Morgan fingerprint density at radius 1 is 0.886 bits per heavy atom. The highest BCUT2D eigenvalue weighted by molar-refractivity contribution is 7.99. The normalized spacial score (nSPS) is 10.7. The molecule has 0 radical (unpaired) electrons. The van der Waals surface area contributed by atoms with Gasteiger partial charge >= 0.3 is 0 Å². The van der Waals surface area contributed by atoms with E-state index in [1.807, 2.05) is 98.1 Å². The van der Waals surface area contributed by atoms with Crippen LogP contribution in [0.1, 0.15) is 23.9 Å². The second-order valence-electron chi connectivity index (χ2n) is 7.87. The first kappa shape index (κ1) is 24.3. The van der Waals surface area contributed by atoms with Crippen LogP contribution in [0.15, 0.2) is 78.0 Å². The number of aryl methyl sites for hydroxylation is 2. The third-order valence-corrected chi connectivity index (χ3v) is 6.22. The number of anilines is 1. The fraction of sp³-hybridized carbons (Fsp3) is 0.222. The lowest BCUT2D eigenvalue weighted by atomic mass is 10.1. The number of hydrogen-bond acceptors (Lipinski definition) is 6. The van der Waals surface area contributed by atoms with E-state index in [1.165, 1.54) is 11.8 Å². The number of rotatable bonds is 10. The molecular formula is C27H28N4O3S. The number of nitrogens with one attached hydrogen (secondary N) is 1. The van der Waals surface area contributed by atoms with Crippen LogP contribution in [0.5, 0.6) is 11.5 Å². The van der Waals surface area contributed by atoms with E-state index in [4.69, 9.17) is 9.47 Å². The van der Waals surface area contributed by atoms with Gasteiger partial charge in [0, 0.05) is 11.4 Å². The average molecular weight is 489 g/mol. The Bertz CT molecular complexity index is 1250. The van der Waals surface area contributed by atoms with E-state index in [0.717, 1.165) is 34.0 Å². The maximum Gasteiger partial charge on any atom is 0.234 e. The number of para-hydroxylation sites is 2. The van der Waals surface area contributed by atoms with Gasteiger partial charge in [-0.05, 0) is 68.3 Å². The summed E-state index contributed by atoms with van der Waals surface area (Å²) in [5.41, 5.74) is 3.77. The molecule has 180 valence electrons. The summed E-state index contributed by atoms with van der Waals surface area (Å²) in [7, 11) is 0. The summed E-state index contributed by atoms with van der Waals surface area (Å²) in [4.78, 5) is 12.7. The smallest absolute Gasteiger partial charge is 0.234 e. The predicted octanol–water partition coefficient (Wildman–Crippen LogP) is 5.59. The zero-order valence-electron chi connectivity index (χ0n) is 20.0. The number of hydrogen-bond donors (Lipinski definition) is 1. The zero-order chi connectivity index (χ0) is 24.6. The number of ether oxygens (including phenoxy) is 2. The van der Waals surface area contributed by atoms with Gasteiger partial charge in [-0.25, -0.2) is 0 Å². The molecule has 1 heterocycles. The van der Waals surface area contributed by atoms with Crippen molar-refractivity contribution in [1.82, 2.24) is 14.8 Å². The number of thioether (sulfide) groups is 1. The lowest BCUT2D eigenvalue weighted by Gasteiger charge is -2.13. The largest absolute Gasteiger partial charge is 0.494 e. The molecule has 0 aliphatic carbocycles. The van der Waals surface area contributed by atoms with Gasteiger partial charge in [0.25, 0.3) is 0 Å². The topological polar surface area (TPSA) is 78.3 Å². The first-order valence-electron chi connectivity index (χ1n) is 11.4. The summed E-state index contributed by atoms with van der Waals surface area (Å²) in [5.74, 6) is 2.26. The fourth-order valence-electron chi connectivity index (χ4n) is 3.59. The van der Waals surface area contributed by atoms with Crippen molar-refractivity contribution >= 4 is 23.4 Å². The van der Waals surface area contributed by atoms with Crippen LogP contribution < -0.4 is 14.8 Å². The van der Waals surface area contributed by atoms with E-state index < -0.39 is 0 Å². The second kappa shape index (κ2) is 11.6. The summed E-state index contributed by atoms with van der Waals surface area (Å²) in [6.07, 6.45) is 0. The quantitative estimate of drug-likeness (QED) is 0.293. The Kier molecular flexibility index (Phi) is 8.05. The van der Waals surface area contributed by atoms with Crippen molar-refractivity contribution in [3.63, 3.8) is 0 Å². The van der Waals surface area contributed by atoms with Crippen LogP contribution in [0, 0.1) is 13.8 Å². The van der Waals surface area contributed by atoms with Crippen molar-refractivity contribution in [3.8, 4) is 17.2 Å². The highest BCUT2D eigenvalue weighted by Gasteiger charge is 2.17. The molecule has 0 atom stereocenters. The van der Waals surface area contributed by atoms with Crippen LogP contribution in [-0.2, 0) is 11.4 Å². The molecule has 1 amide bonds. The van der Waals surface area contributed by atoms with Gasteiger partial charge in [0.15, 0.2) is 11.0 Å². The molecule has 0 saturated carbocycles. The Balaban J connectivity index is 1.53. The number of amides is 1. The van der Waals surface area contributed by atoms with Crippen LogP contribution in [0.3, 0.4) is 0 Å². The van der Waals surface area contributed by atoms with E-state index in [0.29, 0.717) is 17.6 Å². The average Bonchev–Trinajstić information content (AvgIpc) is 3.28. The minimum atomic E-state index is -0.101. The molecule has 1 aromatic heterocycles. The molecule has 0 saturated heterocycles. The number of carbonyl (C=O) groups is 1. The van der Waals surface area contributed by atoms with Crippen LogP contribution in [-0.4, -0.2) is 33.0 Å². The first-order chi connectivity index (χ1) is 17.0. The summed E-state index contributed by atoms with van der Waals surface area (Å²) in [6, 6.07) is 23.2. The van der Waals surface area contributed by atoms with Crippen molar-refractivity contribution in [3.05, 3.63) is 89.7 Å². The van der Waals surface area contributed by atoms with Crippen molar-refractivity contribution < 1.29 is 14.3 Å². The molecule has 0 fully saturated rings. The van der Waals surface area contributed by atoms with Gasteiger partial charge in [0.05, 0.1) is 12.4 Å². The number of nitrogens with zero attached hydrogens (tertiary/aromatic N) is 3. The molecule has 4 rings (SSSR count). The lowest BCUT2D eigenvalue weighted by molar-refractivity contribution is -0.113. The van der Waals surface area contributed by atoms with Crippen molar-refractivity contribution in [2.75, 3.05) is 17.7 Å². The molecule has 0 bridgehead atoms. The fourth-order valence-corrected chi connectivity index (χ4v) is 4.36. The molecule has 0 aliphatic rings. The molecule has 4 aromatic rings. The summed E-state index contributed by atoms with van der Waals surface area (Å²) < 4.78 is 13.4. The molecule has 0 aliphatic heterocycles. The van der Waals surface area contributed by atoms with Crippen molar-refractivity contribution in [1.29, 1.82) is 0 Å². The van der Waals surface area contributed by atoms with Gasteiger partial charge in [-0.3, -0.25) is 9.36 Å². The number of carbonyl (C=O) groups excluding carboxylic acids is 1. The van der Waals surface area contributed by atoms with E-state index >= 15 is 0 Å². The maximum absolute atomic E-state index is 12.7. The van der Waals surface area contributed by atoms with Crippen LogP contribution in [0.4, 0.5) is 5.69 Å². The van der Waals surface area contributed by atoms with Gasteiger partial charge in [-0.1, -0.05) is 48.2 Å². The Labute approximate surface area is 209 Å². The summed E-state index contributed by atoms with van der Waals surface area (Å²) in [5, 5.41) is 12.4. The lowest BCUT2D eigenvalue weighted by Crippen LogP contribution is -2.16. The second-order valence-corrected chi connectivity index (χ2v) is 8.81. The van der Waals surface area contributed by atoms with Crippen molar-refractivity contribution in [2.24, 2.45) is 0 Å². The van der Waals surface area contributed by atoms with E-state index in [-0.39, 0.29) is 18.3 Å². The SMILES string of the molecule is CCOc1ccc(-n2c(COc3ccccc3)nnc2SCC(=O)Nc2c(C)cccc2C)cc1. The molecule has 7 nitrogen and oxygen atoms in total. The van der Waals surface area contributed by atoms with Gasteiger partial charge in [0.2, 0.25) is 5.91 Å². The van der Waals surface area contributed by atoms with Crippen LogP contribution >= 0.6 is 11.8 Å². The first-order valence-corrected chi connectivity index (χ1v) is 12.4. The van der Waals surface area contributed by atoms with Crippen molar-refractivity contribution in [2.45, 2.75) is 32.5 Å². The zero-order valence-corrected chi connectivity index (χ0v) is 20.8. The Morgan fingerprint density at radius 2 is 1.57 bits per heavy atom. The molecule has 3 aromatic carbocycles. The van der Waals surface area contributed by atoms with Gasteiger partial charge in [-0.15, -0.1) is 10.2 Å². The van der Waals surface area contributed by atoms with E-state index in [9.17, 15) is 4.79 Å². The summed E-state index contributed by atoms with van der Waals surface area (Å²) in [6.45, 7) is 6.75. The third kappa shape index (κ3) is 6.22. The van der Waals surface area contributed by atoms with Gasteiger partial charge in [0.1, 0.15) is 18.1 Å². The van der Waals surface area contributed by atoms with Gasteiger partial charge in [-0.2, -0.15) is 0 Å². The molecule has 8 heteroatoms. The third-order valence-electron chi connectivity index (χ3n) is 5.30. The predicted molar refractivity (Wildman–Crippen MR) is 139 cm³/mol. The standard InChI is InChI=1S/C27H28N4O3S/c1-4-33-23-15-13-21(14-16-23)31-24(17-34-22-11-6-5-7-12-22)29-30-27(31)35-18-25(32)28-26-19(2)9-8-10-20(26)3/h5-16H,4,17-18H2,1-3H3,(H,28,32). The molecule has 0 unspecified atom stereocenters. The Morgan fingerprint density at radius 3 is 2.26 bits per heavy atom.